The molecule has 0 spiro atoms. The van der Waals surface area contributed by atoms with E-state index in [2.05, 4.69) is 49.7 Å². The summed E-state index contributed by atoms with van der Waals surface area (Å²) in [6.07, 6.45) is 9.47. The van der Waals surface area contributed by atoms with Gasteiger partial charge in [-0.1, -0.05) is 18.8 Å². The Balaban J connectivity index is 1.29. The molecule has 0 unspecified atom stereocenters. The Labute approximate surface area is 191 Å². The molecule has 3 aromatic rings. The van der Waals surface area contributed by atoms with Gasteiger partial charge < -0.3 is 15.4 Å². The van der Waals surface area contributed by atoms with E-state index in [9.17, 15) is 4.79 Å². The third-order valence-corrected chi connectivity index (χ3v) is 7.36. The van der Waals surface area contributed by atoms with Crippen molar-refractivity contribution in [1.82, 2.24) is 25.0 Å². The quantitative estimate of drug-likeness (QED) is 0.584. The van der Waals surface area contributed by atoms with Crippen molar-refractivity contribution in [2.24, 2.45) is 11.8 Å². The van der Waals surface area contributed by atoms with Crippen LogP contribution in [0.25, 0.3) is 10.9 Å². The second-order valence-electron chi connectivity index (χ2n) is 9.64. The number of pyridine rings is 1. The second-order valence-corrected chi connectivity index (χ2v) is 9.64. The molecule has 2 atom stereocenters. The number of ether oxygens (including phenoxy) is 1. The van der Waals surface area contributed by atoms with Gasteiger partial charge in [-0.05, 0) is 18.4 Å². The molecule has 4 aliphatic carbocycles. The second kappa shape index (κ2) is 6.99. The third-order valence-electron chi connectivity index (χ3n) is 7.36. The van der Waals surface area contributed by atoms with Gasteiger partial charge in [-0.25, -0.2) is 4.98 Å². The van der Waals surface area contributed by atoms with Crippen LogP contribution in [0.15, 0.2) is 24.7 Å². The van der Waals surface area contributed by atoms with Crippen LogP contribution in [-0.2, 0) is 15.1 Å². The molecular weight excluding hydrogens is 418 g/mol. The monoisotopic (exact) mass is 443 g/mol. The summed E-state index contributed by atoms with van der Waals surface area (Å²) in [4.78, 5) is 16.8. The molecule has 4 aliphatic rings. The molecule has 2 N–H and O–H groups in total. The molecule has 1 amide bonds. The lowest BCUT2D eigenvalue weighted by Gasteiger charge is -2.68. The van der Waals surface area contributed by atoms with Gasteiger partial charge in [0, 0.05) is 57.1 Å². The maximum Gasteiger partial charge on any atom is 0.228 e. The fourth-order valence-corrected chi connectivity index (χ4v) is 5.17. The van der Waals surface area contributed by atoms with Crippen LogP contribution in [0.4, 0.5) is 11.6 Å². The van der Waals surface area contributed by atoms with E-state index in [1.54, 1.807) is 26.6 Å². The fraction of sp³-hybridized carbons (Fsp3) is 0.458. The Morgan fingerprint density at radius 2 is 2.03 bits per heavy atom. The minimum atomic E-state index is -0.0112. The zero-order valence-electron chi connectivity index (χ0n) is 18.8. The summed E-state index contributed by atoms with van der Waals surface area (Å²) in [5.74, 6) is 7.92. The molecule has 0 aliphatic heterocycles. The number of hydrogen-bond acceptors (Lipinski definition) is 7. The van der Waals surface area contributed by atoms with E-state index >= 15 is 0 Å². The van der Waals surface area contributed by atoms with Crippen molar-refractivity contribution in [3.05, 3.63) is 35.8 Å². The number of anilines is 2. The highest BCUT2D eigenvalue weighted by molar-refractivity contribution is 5.97. The van der Waals surface area contributed by atoms with Crippen LogP contribution in [-0.4, -0.2) is 50.6 Å². The van der Waals surface area contributed by atoms with Crippen molar-refractivity contribution >= 4 is 28.4 Å². The molecule has 33 heavy (non-hydrogen) atoms. The predicted molar refractivity (Wildman–Crippen MR) is 123 cm³/mol. The number of rotatable bonds is 5. The van der Waals surface area contributed by atoms with E-state index < -0.39 is 0 Å². The van der Waals surface area contributed by atoms with Gasteiger partial charge >= 0.3 is 0 Å². The van der Waals surface area contributed by atoms with Gasteiger partial charge in [-0.3, -0.25) is 9.48 Å². The highest BCUT2D eigenvalue weighted by Crippen LogP contribution is 2.66. The molecule has 168 valence electrons. The summed E-state index contributed by atoms with van der Waals surface area (Å²) in [5, 5.41) is 19.7. The maximum absolute atomic E-state index is 12.3. The summed E-state index contributed by atoms with van der Waals surface area (Å²) in [5.41, 5.74) is 2.33. The zero-order chi connectivity index (χ0) is 22.8. The molecule has 2 bridgehead atoms. The van der Waals surface area contributed by atoms with E-state index in [4.69, 9.17) is 4.74 Å². The minimum Gasteiger partial charge on any atom is -0.378 e. The molecule has 0 radical (unpaired) electrons. The van der Waals surface area contributed by atoms with Crippen LogP contribution in [0, 0.1) is 23.7 Å². The third kappa shape index (κ3) is 3.16. The highest BCUT2D eigenvalue weighted by atomic mass is 16.5. The lowest BCUT2D eigenvalue weighted by molar-refractivity contribution is -0.265. The number of methoxy groups -OCH3 is 1. The molecule has 9 nitrogen and oxygen atoms in total. The predicted octanol–water partition coefficient (Wildman–Crippen LogP) is 2.54. The van der Waals surface area contributed by atoms with E-state index in [1.807, 2.05) is 16.9 Å². The van der Waals surface area contributed by atoms with Gasteiger partial charge in [0.25, 0.3) is 0 Å². The largest absolute Gasteiger partial charge is 0.378 e. The first-order valence-electron chi connectivity index (χ1n) is 11.2. The summed E-state index contributed by atoms with van der Waals surface area (Å²) >= 11 is 0. The molecule has 0 saturated heterocycles. The number of amides is 1. The number of hydrogen-bond donors (Lipinski definition) is 2. The Bertz CT molecular complexity index is 1330. The topological polar surface area (TPSA) is 107 Å². The summed E-state index contributed by atoms with van der Waals surface area (Å²) in [6.45, 7) is 2.07. The summed E-state index contributed by atoms with van der Waals surface area (Å²) in [6, 6.07) is 1.81. The number of fused-ring (bicyclic) bond motifs is 1. The minimum absolute atomic E-state index is 0.0112. The van der Waals surface area contributed by atoms with Gasteiger partial charge in [0.15, 0.2) is 11.6 Å². The van der Waals surface area contributed by atoms with Crippen LogP contribution in [0.1, 0.15) is 43.7 Å². The molecular formula is C24H25N7O2. The fourth-order valence-electron chi connectivity index (χ4n) is 5.17. The van der Waals surface area contributed by atoms with Crippen molar-refractivity contribution in [2.45, 2.75) is 43.7 Å². The van der Waals surface area contributed by atoms with Gasteiger partial charge in [0.1, 0.15) is 5.52 Å². The van der Waals surface area contributed by atoms with E-state index in [0.29, 0.717) is 28.6 Å². The van der Waals surface area contributed by atoms with E-state index in [0.717, 1.165) is 36.6 Å². The first kappa shape index (κ1) is 20.1. The van der Waals surface area contributed by atoms with Gasteiger partial charge in [0.05, 0.1) is 28.5 Å². The summed E-state index contributed by atoms with van der Waals surface area (Å²) < 4.78 is 7.63. The first-order valence-corrected chi connectivity index (χ1v) is 11.2. The zero-order valence-corrected chi connectivity index (χ0v) is 18.8. The van der Waals surface area contributed by atoms with Gasteiger partial charge in [0.2, 0.25) is 5.91 Å². The van der Waals surface area contributed by atoms with Crippen LogP contribution in [0.2, 0.25) is 0 Å². The van der Waals surface area contributed by atoms with Crippen LogP contribution >= 0.6 is 0 Å². The lowest BCUT2D eigenvalue weighted by atomic mass is 9.46. The molecule has 4 fully saturated rings. The van der Waals surface area contributed by atoms with Gasteiger partial charge in [-0.15, -0.1) is 10.2 Å². The Morgan fingerprint density at radius 3 is 2.73 bits per heavy atom. The molecule has 3 heterocycles. The van der Waals surface area contributed by atoms with Crippen LogP contribution in [0.5, 0.6) is 0 Å². The normalized spacial score (nSPS) is 28.8. The average molecular weight is 444 g/mol. The lowest BCUT2D eigenvalue weighted by Crippen LogP contribution is -2.73. The molecule has 0 aromatic carbocycles. The number of aromatic nitrogens is 5. The number of carbonyl (C=O) groups excluding carboxylic acids is 1. The first-order chi connectivity index (χ1) is 15.9. The van der Waals surface area contributed by atoms with Crippen molar-refractivity contribution in [3.8, 4) is 11.8 Å². The Kier molecular flexibility index (Phi) is 4.26. The summed E-state index contributed by atoms with van der Waals surface area (Å²) in [7, 11) is 3.57. The van der Waals surface area contributed by atoms with Crippen molar-refractivity contribution in [2.75, 3.05) is 24.8 Å². The Morgan fingerprint density at radius 1 is 1.24 bits per heavy atom. The smallest absolute Gasteiger partial charge is 0.228 e. The maximum atomic E-state index is 12.3. The van der Waals surface area contributed by atoms with Crippen LogP contribution in [0.3, 0.4) is 0 Å². The standard InChI is InChI=1S/C24H25N7O2/c1-14-6-17(14)22(32)28-19-7-18-16(9-26-21(25-2)20(18)30-29-19)5-4-15-8-27-31(10-15)23-11-24(12-23,13-23)33-3/h7-10,14,17H,6,11-13H2,1-3H3,(H,25,26)(H,28,29,32)/t14-,17+,23?,24?/m1/s1. The van der Waals surface area contributed by atoms with E-state index in [1.165, 1.54) is 0 Å². The molecule has 7 rings (SSSR count). The molecule has 4 saturated carbocycles. The van der Waals surface area contributed by atoms with Crippen molar-refractivity contribution < 1.29 is 9.53 Å². The van der Waals surface area contributed by atoms with Crippen LogP contribution < -0.4 is 10.6 Å². The number of nitrogens with one attached hydrogen (secondary N) is 2. The Hall–Kier alpha value is -3.51. The SMILES string of the molecule is CNc1ncc(C#Cc2cnn(C34CC(OC)(C3)C4)c2)c2cc(NC(=O)[C@H]3C[C@H]3C)nnc12. The number of carbonyl (C=O) groups is 1. The van der Waals surface area contributed by atoms with Crippen molar-refractivity contribution in [1.29, 1.82) is 0 Å². The van der Waals surface area contributed by atoms with E-state index in [-0.39, 0.29) is 23.0 Å². The molecule has 9 heteroatoms. The highest BCUT2D eigenvalue weighted by Gasteiger charge is 2.70. The number of nitrogens with zero attached hydrogens (tertiary/aromatic N) is 5. The average Bonchev–Trinajstić information content (AvgIpc) is 3.31. The van der Waals surface area contributed by atoms with Gasteiger partial charge in [-0.2, -0.15) is 5.10 Å². The van der Waals surface area contributed by atoms with Crippen molar-refractivity contribution in [3.63, 3.8) is 0 Å². The molecule has 3 aromatic heterocycles.